The Morgan fingerprint density at radius 3 is 2.08 bits per heavy atom. The third-order valence-electron chi connectivity index (χ3n) is 11.4. The van der Waals surface area contributed by atoms with Gasteiger partial charge < -0.3 is 19.0 Å². The molecule has 1 aromatic heterocycles. The molecule has 2 aliphatic heterocycles. The first-order valence-corrected chi connectivity index (χ1v) is 22.3. The lowest BCUT2D eigenvalue weighted by atomic mass is 9.89. The van der Waals surface area contributed by atoms with Gasteiger partial charge in [-0.15, -0.1) is 0 Å². The molecule has 312 valence electrons. The number of nitrogens with one attached hydrogen (secondary N) is 1. The summed E-state index contributed by atoms with van der Waals surface area (Å²) in [5, 5.41) is 11.9. The van der Waals surface area contributed by atoms with Crippen LogP contribution in [-0.2, 0) is 22.1 Å². The minimum absolute atomic E-state index is 0.0189. The van der Waals surface area contributed by atoms with E-state index in [2.05, 4.69) is 44.0 Å². The highest BCUT2D eigenvalue weighted by molar-refractivity contribution is 6.99. The number of carbonyl (C=O) groups excluding carboxylic acids is 1. The average molecular weight is 823 g/mol. The van der Waals surface area contributed by atoms with Crippen LogP contribution in [0.4, 0.5) is 18.0 Å². The lowest BCUT2D eigenvalue weighted by Gasteiger charge is -2.44. The van der Waals surface area contributed by atoms with Gasteiger partial charge in [0.25, 0.3) is 14.2 Å². The monoisotopic (exact) mass is 822 g/mol. The molecule has 4 aromatic carbocycles. The van der Waals surface area contributed by atoms with Gasteiger partial charge in [-0.1, -0.05) is 112 Å². The molecule has 1 fully saturated rings. The first-order valence-electron chi connectivity index (χ1n) is 20.4. The second-order valence-electron chi connectivity index (χ2n) is 18.1. The maximum Gasteiger partial charge on any atom is 0.410 e. The van der Waals surface area contributed by atoms with E-state index in [0.717, 1.165) is 33.6 Å². The number of fused-ring (bicyclic) bond motifs is 3. The van der Waals surface area contributed by atoms with E-state index >= 15 is 8.78 Å². The zero-order chi connectivity index (χ0) is 42.8. The van der Waals surface area contributed by atoms with E-state index in [1.54, 1.807) is 39.0 Å². The summed E-state index contributed by atoms with van der Waals surface area (Å²) in [6, 6.07) is 35.3. The number of hydrogen-bond acceptors (Lipinski definition) is 5. The van der Waals surface area contributed by atoms with Crippen LogP contribution in [0, 0.1) is 24.2 Å². The van der Waals surface area contributed by atoms with Crippen LogP contribution >= 0.6 is 0 Å². The number of likely N-dealkylation sites (tertiary alicyclic amines) is 1. The number of hydrogen-bond donors (Lipinski definition) is 1. The predicted molar refractivity (Wildman–Crippen MR) is 231 cm³/mol. The molecule has 59 heavy (non-hydrogen) atoms. The van der Waals surface area contributed by atoms with Crippen molar-refractivity contribution in [3.63, 3.8) is 0 Å². The van der Waals surface area contributed by atoms with Gasteiger partial charge in [0.2, 0.25) is 0 Å². The van der Waals surface area contributed by atoms with Crippen LogP contribution in [0.3, 0.4) is 0 Å². The zero-order valence-electron chi connectivity index (χ0n) is 35.5. The fourth-order valence-corrected chi connectivity index (χ4v) is 12.9. The number of amides is 1. The van der Waals surface area contributed by atoms with E-state index in [1.165, 1.54) is 15.8 Å². The molecule has 7 rings (SSSR count). The largest absolute Gasteiger partial charge is 0.444 e. The highest BCUT2D eigenvalue weighted by Crippen LogP contribution is 2.39. The summed E-state index contributed by atoms with van der Waals surface area (Å²) in [6.07, 6.45) is -0.825. The number of alkyl halides is 3. The Kier molecular flexibility index (Phi) is 12.9. The number of H-pyrrole nitrogens is 1. The van der Waals surface area contributed by atoms with Gasteiger partial charge >= 0.3 is 6.09 Å². The van der Waals surface area contributed by atoms with Gasteiger partial charge in [-0.25, -0.2) is 18.0 Å². The van der Waals surface area contributed by atoms with Gasteiger partial charge in [-0.05, 0) is 85.3 Å². The van der Waals surface area contributed by atoms with Crippen molar-refractivity contribution >= 4 is 35.7 Å². The quantitative estimate of drug-likeness (QED) is 0.150. The number of benzene rings is 4. The molecule has 3 heterocycles. The molecular formula is C48H57F3N4O3Si. The van der Waals surface area contributed by atoms with Crippen molar-refractivity contribution in [2.45, 2.75) is 97.1 Å². The summed E-state index contributed by atoms with van der Waals surface area (Å²) in [5.74, 6) is -3.24. The van der Waals surface area contributed by atoms with Crippen LogP contribution in [0.5, 0.6) is 0 Å². The van der Waals surface area contributed by atoms with Gasteiger partial charge in [0, 0.05) is 48.2 Å². The number of aromatic nitrogens is 1. The van der Waals surface area contributed by atoms with Crippen molar-refractivity contribution in [2.75, 3.05) is 26.2 Å². The number of ether oxygens (including phenoxy) is 1. The SMILES string of the molecule is C[C@@H]1Cc2c([nH]c3ccccc23)CN1CC(F)(F)CO[Si](c1ccccc1)(c1ccccc1)C(C)(C)C.Cc1ccc(C(F)C2CN(C(=O)OC(C)(C)C)C2)cc1C#N. The molecule has 1 amide bonds. The Balaban J connectivity index is 0.000000227. The average Bonchev–Trinajstić information content (AvgIpc) is 3.51. The number of carbonyl (C=O) groups is 1. The molecule has 0 radical (unpaired) electrons. The molecule has 5 aromatic rings. The molecule has 0 bridgehead atoms. The number of halogens is 3. The molecule has 1 unspecified atom stereocenters. The standard InChI is InChI=1S/C31H36F2N2OSi.C17H21FN2O2/c1-23-19-27-26-17-11-12-18-28(26)34-29(27)20-35(23)21-31(32,33)22-36-37(30(2,3)4,24-13-7-5-8-14-24)25-15-9-6-10-16-25;1-11-5-6-12(7-13(11)8-19)15(18)14-9-20(10-14)16(21)22-17(2,3)4/h5-18,23,34H,19-22H2,1-4H3;5-7,14-15H,9-10H2,1-4H3/t23-;/m1./s1. The number of rotatable bonds is 9. The minimum Gasteiger partial charge on any atom is -0.444 e. The van der Waals surface area contributed by atoms with Crippen molar-refractivity contribution < 1.29 is 27.1 Å². The number of aromatic amines is 1. The summed E-state index contributed by atoms with van der Waals surface area (Å²) in [7, 11) is -3.03. The number of nitrogens with zero attached hydrogens (tertiary/aromatic N) is 3. The zero-order valence-corrected chi connectivity index (χ0v) is 36.5. The number of para-hydroxylation sites is 1. The number of aryl methyl sites for hydroxylation is 1. The first kappa shape index (κ1) is 43.7. The van der Waals surface area contributed by atoms with Crippen LogP contribution in [-0.4, -0.2) is 73.0 Å². The van der Waals surface area contributed by atoms with Crippen molar-refractivity contribution in [2.24, 2.45) is 5.92 Å². The molecule has 1 N–H and O–H groups in total. The van der Waals surface area contributed by atoms with Crippen molar-refractivity contribution in [1.82, 2.24) is 14.8 Å². The molecule has 0 spiro atoms. The maximum atomic E-state index is 15.8. The normalized spacial score (nSPS) is 17.0. The Morgan fingerprint density at radius 1 is 0.915 bits per heavy atom. The fraction of sp³-hybridized carbons (Fsp3) is 0.417. The highest BCUT2D eigenvalue weighted by atomic mass is 28.4. The van der Waals surface area contributed by atoms with Crippen LogP contribution in [0.1, 0.15) is 82.6 Å². The Hall–Kier alpha value is -4.89. The molecule has 2 aliphatic rings. The fourth-order valence-electron chi connectivity index (χ4n) is 8.31. The minimum atomic E-state index is -3.03. The summed E-state index contributed by atoms with van der Waals surface area (Å²) in [4.78, 5) is 18.7. The lowest BCUT2D eigenvalue weighted by Crippen LogP contribution is -2.67. The second-order valence-corrected chi connectivity index (χ2v) is 22.4. The number of nitriles is 1. The van der Waals surface area contributed by atoms with E-state index < -0.39 is 38.7 Å². The van der Waals surface area contributed by atoms with Gasteiger partial charge in [-0.2, -0.15) is 5.26 Å². The molecule has 7 nitrogen and oxygen atoms in total. The van der Waals surface area contributed by atoms with E-state index in [0.29, 0.717) is 30.8 Å². The molecular weight excluding hydrogens is 766 g/mol. The third-order valence-corrected chi connectivity index (χ3v) is 16.4. The van der Waals surface area contributed by atoms with Crippen molar-refractivity contribution in [3.8, 4) is 6.07 Å². The van der Waals surface area contributed by atoms with Crippen LogP contribution < -0.4 is 10.4 Å². The van der Waals surface area contributed by atoms with E-state index in [1.807, 2.05) is 91.5 Å². The van der Waals surface area contributed by atoms with Gasteiger partial charge in [0.1, 0.15) is 11.8 Å². The highest BCUT2D eigenvalue weighted by Gasteiger charge is 2.52. The van der Waals surface area contributed by atoms with Gasteiger partial charge in [0.15, 0.2) is 0 Å². The Morgan fingerprint density at radius 2 is 1.51 bits per heavy atom. The molecule has 0 saturated carbocycles. The van der Waals surface area contributed by atoms with E-state index in [-0.39, 0.29) is 23.5 Å². The Bertz CT molecular complexity index is 2220. The smallest absolute Gasteiger partial charge is 0.410 e. The third kappa shape index (κ3) is 9.78. The van der Waals surface area contributed by atoms with Gasteiger partial charge in [-0.3, -0.25) is 4.90 Å². The van der Waals surface area contributed by atoms with E-state index in [4.69, 9.17) is 14.4 Å². The van der Waals surface area contributed by atoms with Crippen molar-refractivity contribution in [1.29, 1.82) is 5.26 Å². The van der Waals surface area contributed by atoms with Gasteiger partial charge in [0.05, 0.1) is 24.8 Å². The second kappa shape index (κ2) is 17.4. The van der Waals surface area contributed by atoms with Crippen molar-refractivity contribution in [3.05, 3.63) is 131 Å². The summed E-state index contributed by atoms with van der Waals surface area (Å²) in [5.41, 5.74) is 4.65. The molecule has 1 saturated heterocycles. The van der Waals surface area contributed by atoms with E-state index in [9.17, 15) is 9.18 Å². The summed E-state index contributed by atoms with van der Waals surface area (Å²) >= 11 is 0. The lowest BCUT2D eigenvalue weighted by molar-refractivity contribution is -0.0774. The summed E-state index contributed by atoms with van der Waals surface area (Å²) in [6.45, 7) is 15.8. The van der Waals surface area contributed by atoms with Crippen LogP contribution in [0.15, 0.2) is 103 Å². The van der Waals surface area contributed by atoms with Crippen LogP contribution in [0.2, 0.25) is 5.04 Å². The maximum absolute atomic E-state index is 15.8. The molecule has 0 aliphatic carbocycles. The first-order chi connectivity index (χ1) is 27.8. The molecule has 2 atom stereocenters. The Labute approximate surface area is 348 Å². The topological polar surface area (TPSA) is 81.6 Å². The molecule has 11 heteroatoms. The predicted octanol–water partition coefficient (Wildman–Crippen LogP) is 9.87. The van der Waals surface area contributed by atoms with Crippen LogP contribution in [0.25, 0.3) is 10.9 Å². The summed E-state index contributed by atoms with van der Waals surface area (Å²) < 4.78 is 57.9.